The first-order valence-corrected chi connectivity index (χ1v) is 6.53. The van der Waals surface area contributed by atoms with Gasteiger partial charge in [0, 0.05) is 5.92 Å². The second-order valence-corrected chi connectivity index (χ2v) is 4.76. The molecule has 2 aromatic rings. The van der Waals surface area contributed by atoms with Crippen molar-refractivity contribution < 1.29 is 19.7 Å². The minimum atomic E-state index is -0.795. The number of hydrogen-bond acceptors (Lipinski definition) is 4. The Labute approximate surface area is 117 Å². The summed E-state index contributed by atoms with van der Waals surface area (Å²) in [5.74, 6) is 0.948. The van der Waals surface area contributed by atoms with Crippen LogP contribution in [0.25, 0.3) is 0 Å². The molecule has 20 heavy (non-hydrogen) atoms. The van der Waals surface area contributed by atoms with Gasteiger partial charge in [0.05, 0.1) is 12.7 Å². The highest BCUT2D eigenvalue weighted by molar-refractivity contribution is 5.45. The molecule has 3 rings (SSSR count). The standard InChI is InChI=1S/C16H16O4/c17-9-13(11-4-2-1-3-5-11)16(18)12-6-7-14-15(8-12)20-10-19-14/h1-8,13,16-18H,9-10H2/t13-,16-/m0/s1. The van der Waals surface area contributed by atoms with Crippen molar-refractivity contribution in [3.8, 4) is 11.5 Å². The summed E-state index contributed by atoms with van der Waals surface area (Å²) in [6.07, 6.45) is -0.795. The summed E-state index contributed by atoms with van der Waals surface area (Å²) >= 11 is 0. The Kier molecular flexibility index (Phi) is 3.58. The maximum absolute atomic E-state index is 10.5. The highest BCUT2D eigenvalue weighted by atomic mass is 16.7. The van der Waals surface area contributed by atoms with Crippen LogP contribution in [-0.2, 0) is 0 Å². The zero-order valence-electron chi connectivity index (χ0n) is 10.9. The molecule has 0 saturated heterocycles. The van der Waals surface area contributed by atoms with Crippen LogP contribution in [0.3, 0.4) is 0 Å². The molecule has 2 N–H and O–H groups in total. The lowest BCUT2D eigenvalue weighted by Gasteiger charge is -2.22. The molecule has 0 saturated carbocycles. The van der Waals surface area contributed by atoms with E-state index < -0.39 is 6.10 Å². The van der Waals surface area contributed by atoms with Gasteiger partial charge in [-0.3, -0.25) is 0 Å². The lowest BCUT2D eigenvalue weighted by Crippen LogP contribution is -2.14. The summed E-state index contributed by atoms with van der Waals surface area (Å²) in [5, 5.41) is 20.1. The molecule has 0 aliphatic carbocycles. The fourth-order valence-electron chi connectivity index (χ4n) is 2.42. The van der Waals surface area contributed by atoms with Crippen molar-refractivity contribution in [3.63, 3.8) is 0 Å². The van der Waals surface area contributed by atoms with Gasteiger partial charge in [0.1, 0.15) is 0 Å². The molecular weight excluding hydrogens is 256 g/mol. The molecule has 0 radical (unpaired) electrons. The van der Waals surface area contributed by atoms with Gasteiger partial charge in [-0.1, -0.05) is 36.4 Å². The summed E-state index contributed by atoms with van der Waals surface area (Å²) in [7, 11) is 0. The zero-order valence-corrected chi connectivity index (χ0v) is 10.9. The highest BCUT2D eigenvalue weighted by Gasteiger charge is 2.24. The summed E-state index contributed by atoms with van der Waals surface area (Å²) in [4.78, 5) is 0. The number of benzene rings is 2. The van der Waals surface area contributed by atoms with Crippen LogP contribution in [0, 0.1) is 0 Å². The third-order valence-corrected chi connectivity index (χ3v) is 3.54. The molecule has 0 amide bonds. The van der Waals surface area contributed by atoms with E-state index >= 15 is 0 Å². The number of fused-ring (bicyclic) bond motifs is 1. The number of aliphatic hydroxyl groups is 2. The van der Waals surface area contributed by atoms with Crippen LogP contribution in [0.4, 0.5) is 0 Å². The van der Waals surface area contributed by atoms with Gasteiger partial charge >= 0.3 is 0 Å². The lowest BCUT2D eigenvalue weighted by atomic mass is 9.90. The van der Waals surface area contributed by atoms with Crippen molar-refractivity contribution in [3.05, 3.63) is 59.7 Å². The Bertz CT molecular complexity index is 582. The average molecular weight is 272 g/mol. The van der Waals surface area contributed by atoms with Gasteiger partial charge in [-0.05, 0) is 23.3 Å². The highest BCUT2D eigenvalue weighted by Crippen LogP contribution is 2.37. The Morgan fingerprint density at radius 3 is 2.45 bits per heavy atom. The quantitative estimate of drug-likeness (QED) is 0.896. The van der Waals surface area contributed by atoms with Crippen LogP contribution in [0.1, 0.15) is 23.1 Å². The Morgan fingerprint density at radius 2 is 1.70 bits per heavy atom. The van der Waals surface area contributed by atoms with E-state index in [-0.39, 0.29) is 19.3 Å². The molecule has 2 atom stereocenters. The fraction of sp³-hybridized carbons (Fsp3) is 0.250. The molecule has 0 unspecified atom stereocenters. The van der Waals surface area contributed by atoms with Gasteiger partial charge in [0.15, 0.2) is 11.5 Å². The van der Waals surface area contributed by atoms with Crippen LogP contribution in [-0.4, -0.2) is 23.6 Å². The van der Waals surface area contributed by atoms with Crippen LogP contribution >= 0.6 is 0 Å². The molecule has 1 heterocycles. The normalized spacial score (nSPS) is 15.9. The molecule has 0 fully saturated rings. The Morgan fingerprint density at radius 1 is 0.950 bits per heavy atom. The van der Waals surface area contributed by atoms with Gasteiger partial charge in [-0.15, -0.1) is 0 Å². The van der Waals surface area contributed by atoms with E-state index in [2.05, 4.69) is 0 Å². The van der Waals surface area contributed by atoms with Gasteiger partial charge in [-0.2, -0.15) is 0 Å². The number of hydrogen-bond donors (Lipinski definition) is 2. The zero-order chi connectivity index (χ0) is 13.9. The first-order valence-electron chi connectivity index (χ1n) is 6.53. The second-order valence-electron chi connectivity index (χ2n) is 4.76. The summed E-state index contributed by atoms with van der Waals surface area (Å²) < 4.78 is 10.6. The van der Waals surface area contributed by atoms with E-state index in [4.69, 9.17) is 9.47 Å². The summed E-state index contributed by atoms with van der Waals surface area (Å²) in [5.41, 5.74) is 1.61. The maximum atomic E-state index is 10.5. The van der Waals surface area contributed by atoms with Gasteiger partial charge in [0.25, 0.3) is 0 Å². The average Bonchev–Trinajstić information content (AvgIpc) is 2.96. The maximum Gasteiger partial charge on any atom is 0.231 e. The van der Waals surface area contributed by atoms with Crippen molar-refractivity contribution in [1.82, 2.24) is 0 Å². The van der Waals surface area contributed by atoms with Crippen LogP contribution in [0.5, 0.6) is 11.5 Å². The first kappa shape index (κ1) is 13.0. The molecule has 0 spiro atoms. The molecule has 0 aromatic heterocycles. The van der Waals surface area contributed by atoms with E-state index in [1.807, 2.05) is 30.3 Å². The van der Waals surface area contributed by atoms with E-state index in [1.54, 1.807) is 18.2 Å². The van der Waals surface area contributed by atoms with Gasteiger partial charge < -0.3 is 19.7 Å². The fourth-order valence-corrected chi connectivity index (χ4v) is 2.42. The van der Waals surface area contributed by atoms with Crippen molar-refractivity contribution in [2.24, 2.45) is 0 Å². The molecule has 0 bridgehead atoms. The van der Waals surface area contributed by atoms with Crippen molar-refractivity contribution >= 4 is 0 Å². The van der Waals surface area contributed by atoms with E-state index in [0.29, 0.717) is 17.1 Å². The monoisotopic (exact) mass is 272 g/mol. The largest absolute Gasteiger partial charge is 0.454 e. The minimum absolute atomic E-state index is 0.125. The second kappa shape index (κ2) is 5.53. The number of ether oxygens (including phenoxy) is 2. The molecule has 104 valence electrons. The first-order chi connectivity index (χ1) is 9.79. The van der Waals surface area contributed by atoms with Crippen LogP contribution < -0.4 is 9.47 Å². The third kappa shape index (κ3) is 2.35. The predicted octanol–water partition coefficient (Wildman–Crippen LogP) is 2.22. The summed E-state index contributed by atoms with van der Waals surface area (Å²) in [6.45, 7) is 0.0800. The Hall–Kier alpha value is -2.04. The lowest BCUT2D eigenvalue weighted by molar-refractivity contribution is 0.107. The topological polar surface area (TPSA) is 58.9 Å². The van der Waals surface area contributed by atoms with Crippen molar-refractivity contribution in [1.29, 1.82) is 0 Å². The third-order valence-electron chi connectivity index (χ3n) is 3.54. The van der Waals surface area contributed by atoms with E-state index in [0.717, 1.165) is 5.56 Å². The van der Waals surface area contributed by atoms with Crippen LogP contribution in [0.15, 0.2) is 48.5 Å². The molecular formula is C16H16O4. The van der Waals surface area contributed by atoms with Crippen LogP contribution in [0.2, 0.25) is 0 Å². The minimum Gasteiger partial charge on any atom is -0.454 e. The van der Waals surface area contributed by atoms with Gasteiger partial charge in [-0.25, -0.2) is 0 Å². The van der Waals surface area contributed by atoms with E-state index in [9.17, 15) is 10.2 Å². The van der Waals surface area contributed by atoms with Crippen molar-refractivity contribution in [2.45, 2.75) is 12.0 Å². The van der Waals surface area contributed by atoms with Crippen molar-refractivity contribution in [2.75, 3.05) is 13.4 Å². The number of aliphatic hydroxyl groups excluding tert-OH is 2. The summed E-state index contributed by atoms with van der Waals surface area (Å²) in [6, 6.07) is 14.8. The Balaban J connectivity index is 1.89. The number of rotatable bonds is 4. The van der Waals surface area contributed by atoms with E-state index in [1.165, 1.54) is 0 Å². The molecule has 1 aliphatic rings. The molecule has 1 aliphatic heterocycles. The van der Waals surface area contributed by atoms with Gasteiger partial charge in [0.2, 0.25) is 6.79 Å². The molecule has 2 aromatic carbocycles. The smallest absolute Gasteiger partial charge is 0.231 e. The molecule has 4 nitrogen and oxygen atoms in total. The predicted molar refractivity (Wildman–Crippen MR) is 73.8 cm³/mol. The molecule has 4 heteroatoms. The SMILES string of the molecule is OC[C@@H](c1ccccc1)[C@@H](O)c1ccc2c(c1)OCO2.